The van der Waals surface area contributed by atoms with Crippen LogP contribution in [-0.4, -0.2) is 10.2 Å². The lowest BCUT2D eigenvalue weighted by atomic mass is 9.84. The Bertz CT molecular complexity index is 1700. The van der Waals surface area contributed by atoms with Gasteiger partial charge >= 0.3 is 11.3 Å². The molecule has 0 aliphatic rings. The van der Waals surface area contributed by atoms with Crippen LogP contribution in [0, 0.1) is 5.82 Å². The van der Waals surface area contributed by atoms with Gasteiger partial charge in [-0.1, -0.05) is 32.0 Å². The largest absolute Gasteiger partial charge is 0.507 e. The Labute approximate surface area is 218 Å². The summed E-state index contributed by atoms with van der Waals surface area (Å²) in [5, 5.41) is 23.3. The Balaban J connectivity index is 1.91. The van der Waals surface area contributed by atoms with E-state index in [-0.39, 0.29) is 43.1 Å². The van der Waals surface area contributed by atoms with Gasteiger partial charge in [-0.25, -0.2) is 14.0 Å². The fourth-order valence-electron chi connectivity index (χ4n) is 4.61. The van der Waals surface area contributed by atoms with Crippen molar-refractivity contribution in [2.75, 3.05) is 0 Å². The van der Waals surface area contributed by atoms with Crippen LogP contribution in [0.1, 0.15) is 47.6 Å². The number of benzene rings is 3. The molecule has 2 aromatic heterocycles. The minimum Gasteiger partial charge on any atom is -0.507 e. The standard InChI is InChI=1S/C29H22BrFO6/c1-3-14-5-9-21-17(11-14)26(32)24(28(34)36-21)23(16-7-8-20(31)19(30)13-16)25-27(33)18-12-15(4-2)6-10-22(18)37-29(25)35/h5-13,23,32-33H,3-4H2,1-2H3. The number of aromatic hydroxyl groups is 2. The van der Waals surface area contributed by atoms with Gasteiger partial charge in [0, 0.05) is 0 Å². The molecule has 5 rings (SSSR count). The van der Waals surface area contributed by atoms with E-state index in [4.69, 9.17) is 8.83 Å². The summed E-state index contributed by atoms with van der Waals surface area (Å²) in [5.41, 5.74) is 0.0420. The molecular weight excluding hydrogens is 543 g/mol. The van der Waals surface area contributed by atoms with Gasteiger partial charge in [-0.3, -0.25) is 0 Å². The number of halogens is 2. The van der Waals surface area contributed by atoms with Crippen molar-refractivity contribution < 1.29 is 23.4 Å². The molecule has 0 aliphatic carbocycles. The fraction of sp³-hybridized carbons (Fsp3) is 0.172. The maximum Gasteiger partial charge on any atom is 0.344 e. The maximum absolute atomic E-state index is 14.2. The van der Waals surface area contributed by atoms with E-state index < -0.39 is 34.5 Å². The molecule has 0 spiro atoms. The number of fused-ring (bicyclic) bond motifs is 2. The monoisotopic (exact) mass is 564 g/mol. The van der Waals surface area contributed by atoms with Crippen LogP contribution in [0.15, 0.2) is 77.5 Å². The molecule has 0 saturated carbocycles. The van der Waals surface area contributed by atoms with Gasteiger partial charge in [-0.15, -0.1) is 0 Å². The van der Waals surface area contributed by atoms with Gasteiger partial charge in [0.15, 0.2) is 0 Å². The second-order valence-corrected chi connectivity index (χ2v) is 9.63. The van der Waals surface area contributed by atoms with Crippen LogP contribution in [-0.2, 0) is 12.8 Å². The van der Waals surface area contributed by atoms with Crippen LogP contribution >= 0.6 is 15.9 Å². The van der Waals surface area contributed by atoms with Crippen molar-refractivity contribution in [1.82, 2.24) is 0 Å². The molecule has 5 aromatic rings. The molecule has 0 saturated heterocycles. The van der Waals surface area contributed by atoms with Gasteiger partial charge in [-0.05, 0) is 81.9 Å². The van der Waals surface area contributed by atoms with Crippen LogP contribution in [0.2, 0.25) is 0 Å². The second kappa shape index (κ2) is 9.52. The topological polar surface area (TPSA) is 101 Å². The summed E-state index contributed by atoms with van der Waals surface area (Å²) in [5.74, 6) is -2.68. The Morgan fingerprint density at radius 1 is 0.784 bits per heavy atom. The van der Waals surface area contributed by atoms with Gasteiger partial charge in [0.25, 0.3) is 0 Å². The van der Waals surface area contributed by atoms with E-state index in [2.05, 4.69) is 15.9 Å². The summed E-state index contributed by atoms with van der Waals surface area (Å²) in [7, 11) is 0. The maximum atomic E-state index is 14.2. The first kappa shape index (κ1) is 24.8. The van der Waals surface area contributed by atoms with E-state index in [1.165, 1.54) is 12.1 Å². The molecule has 0 unspecified atom stereocenters. The van der Waals surface area contributed by atoms with Crippen molar-refractivity contribution >= 4 is 37.9 Å². The summed E-state index contributed by atoms with van der Waals surface area (Å²) in [6.45, 7) is 3.89. The predicted octanol–water partition coefficient (Wildman–Crippen LogP) is 6.52. The molecule has 188 valence electrons. The molecule has 0 atom stereocenters. The molecule has 0 bridgehead atoms. The van der Waals surface area contributed by atoms with Crippen molar-refractivity contribution in [3.8, 4) is 11.5 Å². The highest BCUT2D eigenvalue weighted by atomic mass is 79.9. The lowest BCUT2D eigenvalue weighted by Gasteiger charge is -2.20. The third-order valence-corrected chi connectivity index (χ3v) is 7.23. The minimum atomic E-state index is -1.33. The van der Waals surface area contributed by atoms with E-state index in [0.29, 0.717) is 12.8 Å². The summed E-state index contributed by atoms with van der Waals surface area (Å²) in [6.07, 6.45) is 1.35. The van der Waals surface area contributed by atoms with Crippen molar-refractivity contribution in [1.29, 1.82) is 0 Å². The fourth-order valence-corrected chi connectivity index (χ4v) is 5.01. The van der Waals surface area contributed by atoms with E-state index in [1.54, 1.807) is 36.4 Å². The van der Waals surface area contributed by atoms with Gasteiger partial charge in [0.05, 0.1) is 32.3 Å². The molecular formula is C29H22BrFO6. The Morgan fingerprint density at radius 2 is 1.27 bits per heavy atom. The average molecular weight is 565 g/mol. The molecule has 0 aliphatic heterocycles. The van der Waals surface area contributed by atoms with E-state index in [9.17, 15) is 24.2 Å². The van der Waals surface area contributed by atoms with Gasteiger partial charge in [0.1, 0.15) is 28.5 Å². The van der Waals surface area contributed by atoms with Crippen LogP contribution in [0.4, 0.5) is 4.39 Å². The first-order chi connectivity index (χ1) is 17.7. The highest BCUT2D eigenvalue weighted by Crippen LogP contribution is 2.43. The predicted molar refractivity (Wildman–Crippen MR) is 142 cm³/mol. The van der Waals surface area contributed by atoms with E-state index >= 15 is 0 Å². The molecule has 3 aromatic carbocycles. The van der Waals surface area contributed by atoms with Crippen molar-refractivity contribution in [2.45, 2.75) is 32.6 Å². The van der Waals surface area contributed by atoms with Gasteiger partial charge in [0.2, 0.25) is 0 Å². The molecule has 37 heavy (non-hydrogen) atoms. The Kier molecular flexibility index (Phi) is 6.37. The lowest BCUT2D eigenvalue weighted by Crippen LogP contribution is -2.21. The average Bonchev–Trinajstić information content (AvgIpc) is 2.89. The highest BCUT2D eigenvalue weighted by molar-refractivity contribution is 9.10. The quantitative estimate of drug-likeness (QED) is 0.236. The smallest absolute Gasteiger partial charge is 0.344 e. The molecule has 8 heteroatoms. The summed E-state index contributed by atoms with van der Waals surface area (Å²) < 4.78 is 25.3. The number of rotatable bonds is 5. The normalized spacial score (nSPS) is 11.6. The Hall–Kier alpha value is -3.91. The van der Waals surface area contributed by atoms with Gasteiger partial charge in [-0.2, -0.15) is 0 Å². The van der Waals surface area contributed by atoms with Crippen molar-refractivity contribution in [2.24, 2.45) is 0 Å². The highest BCUT2D eigenvalue weighted by Gasteiger charge is 2.33. The van der Waals surface area contributed by atoms with Crippen LogP contribution < -0.4 is 11.3 Å². The number of hydrogen-bond acceptors (Lipinski definition) is 6. The molecule has 0 fully saturated rings. The third kappa shape index (κ3) is 4.21. The zero-order valence-corrected chi connectivity index (χ0v) is 21.6. The number of hydrogen-bond donors (Lipinski definition) is 2. The molecule has 6 nitrogen and oxygen atoms in total. The second-order valence-electron chi connectivity index (χ2n) is 8.78. The zero-order valence-electron chi connectivity index (χ0n) is 20.0. The Morgan fingerprint density at radius 3 is 1.70 bits per heavy atom. The van der Waals surface area contributed by atoms with Gasteiger partial charge < -0.3 is 19.0 Å². The van der Waals surface area contributed by atoms with Crippen molar-refractivity contribution in [3.63, 3.8) is 0 Å². The third-order valence-electron chi connectivity index (χ3n) is 6.62. The first-order valence-corrected chi connectivity index (χ1v) is 12.5. The molecule has 2 N–H and O–H groups in total. The van der Waals surface area contributed by atoms with Crippen LogP contribution in [0.25, 0.3) is 21.9 Å². The number of aryl methyl sites for hydroxylation is 2. The van der Waals surface area contributed by atoms with Crippen LogP contribution in [0.5, 0.6) is 11.5 Å². The summed E-state index contributed by atoms with van der Waals surface area (Å²) in [6, 6.07) is 14.1. The molecule has 0 radical (unpaired) electrons. The minimum absolute atomic E-state index is 0.0749. The first-order valence-electron chi connectivity index (χ1n) is 11.8. The summed E-state index contributed by atoms with van der Waals surface area (Å²) >= 11 is 3.15. The zero-order chi connectivity index (χ0) is 26.4. The lowest BCUT2D eigenvalue weighted by molar-refractivity contribution is 0.441. The van der Waals surface area contributed by atoms with Crippen LogP contribution in [0.3, 0.4) is 0 Å². The summed E-state index contributed by atoms with van der Waals surface area (Å²) in [4.78, 5) is 26.6. The van der Waals surface area contributed by atoms with Crippen molar-refractivity contribution in [3.05, 3.63) is 114 Å². The van der Waals surface area contributed by atoms with E-state index in [1.807, 2.05) is 13.8 Å². The SMILES string of the molecule is CCc1ccc2oc(=O)c(C(c3ccc(F)c(Br)c3)c3c(O)c4cc(CC)ccc4oc3=O)c(O)c2c1. The van der Waals surface area contributed by atoms with E-state index in [0.717, 1.165) is 17.2 Å². The molecule has 2 heterocycles. The molecule has 0 amide bonds.